The van der Waals surface area contributed by atoms with Crippen LogP contribution in [0.4, 0.5) is 0 Å². The zero-order chi connectivity index (χ0) is 11.3. The lowest BCUT2D eigenvalue weighted by atomic mass is 10.3. The molecule has 0 spiro atoms. The summed E-state index contributed by atoms with van der Waals surface area (Å²) < 4.78 is 0. The van der Waals surface area contributed by atoms with E-state index in [0.29, 0.717) is 17.0 Å². The first-order valence-corrected chi connectivity index (χ1v) is 5.46. The van der Waals surface area contributed by atoms with Gasteiger partial charge in [-0.25, -0.2) is 0 Å². The first-order chi connectivity index (χ1) is 7.15. The van der Waals surface area contributed by atoms with Crippen molar-refractivity contribution in [2.24, 2.45) is 5.73 Å². The lowest BCUT2D eigenvalue weighted by molar-refractivity contribution is 0.289. The van der Waals surface area contributed by atoms with E-state index in [1.54, 1.807) is 6.07 Å². The minimum atomic E-state index is -0.0106. The zero-order valence-corrected chi connectivity index (χ0v) is 9.29. The lowest BCUT2D eigenvalue weighted by Gasteiger charge is -2.10. The minimum Gasteiger partial charge on any atom is -0.396 e. The maximum Gasteiger partial charge on any atom is 0.130 e. The first-order valence-electron chi connectivity index (χ1n) is 4.58. The Kier molecular flexibility index (Phi) is 4.51. The van der Waals surface area contributed by atoms with Crippen molar-refractivity contribution in [1.82, 2.24) is 10.2 Å². The number of rotatable bonds is 5. The minimum absolute atomic E-state index is 0.0106. The van der Waals surface area contributed by atoms with E-state index < -0.39 is 0 Å². The number of aromatic nitrogens is 2. The van der Waals surface area contributed by atoms with Gasteiger partial charge in [-0.2, -0.15) is 5.10 Å². The number of nitrogens with zero attached hydrogens (tertiary/aromatic N) is 2. The molecule has 0 saturated carbocycles. The lowest BCUT2D eigenvalue weighted by Crippen LogP contribution is -2.14. The van der Waals surface area contributed by atoms with Gasteiger partial charge in [0.1, 0.15) is 10.9 Å². The summed E-state index contributed by atoms with van der Waals surface area (Å²) in [6.45, 7) is 2.13. The Hall–Kier alpha value is -1.14. The van der Waals surface area contributed by atoms with Crippen molar-refractivity contribution in [3.05, 3.63) is 17.8 Å². The smallest absolute Gasteiger partial charge is 0.130 e. The zero-order valence-electron chi connectivity index (χ0n) is 8.47. The van der Waals surface area contributed by atoms with Crippen molar-refractivity contribution in [2.75, 3.05) is 6.61 Å². The fourth-order valence-corrected chi connectivity index (χ4v) is 2.05. The van der Waals surface area contributed by atoms with Crippen LogP contribution in [0.1, 0.15) is 18.9 Å². The fraction of sp³-hybridized carbons (Fsp3) is 0.444. The molecule has 0 aliphatic carbocycles. The second-order valence-electron chi connectivity index (χ2n) is 3.10. The Bertz CT molecular complexity index is 345. The average Bonchev–Trinajstić information content (AvgIpc) is 2.18. The summed E-state index contributed by atoms with van der Waals surface area (Å²) >= 11 is 1.47. The maximum absolute atomic E-state index is 8.78. The number of hydrogen-bond donors (Lipinski definition) is 3. The van der Waals surface area contributed by atoms with E-state index in [4.69, 9.17) is 16.2 Å². The normalized spacial score (nSPS) is 12.4. The molecule has 0 amide bonds. The van der Waals surface area contributed by atoms with Gasteiger partial charge in [-0.15, -0.1) is 16.9 Å². The molecule has 0 fully saturated rings. The van der Waals surface area contributed by atoms with Crippen LogP contribution in [0, 0.1) is 5.41 Å². The summed E-state index contributed by atoms with van der Waals surface area (Å²) in [6, 6.07) is 1.67. The van der Waals surface area contributed by atoms with Crippen LogP contribution in [0.25, 0.3) is 0 Å². The number of thioether (sulfide) groups is 1. The summed E-state index contributed by atoms with van der Waals surface area (Å²) in [6.07, 6.45) is 2.19. The first kappa shape index (κ1) is 11.9. The number of amidine groups is 1. The Morgan fingerprint density at radius 3 is 3.07 bits per heavy atom. The molecule has 0 bridgehead atoms. The summed E-state index contributed by atoms with van der Waals surface area (Å²) in [5.41, 5.74) is 6.01. The molecular weight excluding hydrogens is 212 g/mol. The van der Waals surface area contributed by atoms with Gasteiger partial charge in [0.25, 0.3) is 0 Å². The molecule has 0 aliphatic rings. The Morgan fingerprint density at radius 2 is 2.47 bits per heavy atom. The van der Waals surface area contributed by atoms with Crippen molar-refractivity contribution < 1.29 is 5.11 Å². The number of nitrogen functional groups attached to an aromatic ring is 1. The molecule has 0 aromatic carbocycles. The van der Waals surface area contributed by atoms with Crippen LogP contribution in [0.3, 0.4) is 0 Å². The Labute approximate surface area is 92.6 Å². The molecule has 6 heteroatoms. The average molecular weight is 226 g/mol. The highest BCUT2D eigenvalue weighted by Gasteiger charge is 2.11. The van der Waals surface area contributed by atoms with Gasteiger partial charge in [-0.3, -0.25) is 5.41 Å². The van der Waals surface area contributed by atoms with Crippen molar-refractivity contribution in [3.8, 4) is 0 Å². The van der Waals surface area contributed by atoms with E-state index in [-0.39, 0.29) is 17.7 Å². The fourth-order valence-electron chi connectivity index (χ4n) is 1.04. The molecule has 1 rings (SSSR count). The monoisotopic (exact) mass is 226 g/mol. The van der Waals surface area contributed by atoms with E-state index in [1.165, 1.54) is 18.0 Å². The molecule has 1 atom stereocenters. The second-order valence-corrected chi connectivity index (χ2v) is 4.53. The standard InChI is InChI=1S/C9H14N4OS/c1-6(3-5-14)15-9-7(8(10)11)2-4-12-13-9/h2,4,6,14H,3,5H2,1H3,(H3,10,11). The van der Waals surface area contributed by atoms with Crippen LogP contribution >= 0.6 is 11.8 Å². The van der Waals surface area contributed by atoms with Crippen LogP contribution in [0.5, 0.6) is 0 Å². The summed E-state index contributed by atoms with van der Waals surface area (Å²) in [5.74, 6) is -0.0106. The van der Waals surface area contributed by atoms with Crippen molar-refractivity contribution in [3.63, 3.8) is 0 Å². The van der Waals surface area contributed by atoms with E-state index in [2.05, 4.69) is 10.2 Å². The van der Waals surface area contributed by atoms with Gasteiger partial charge in [0, 0.05) is 11.9 Å². The van der Waals surface area contributed by atoms with E-state index in [1.807, 2.05) is 6.92 Å². The number of hydrogen-bond acceptors (Lipinski definition) is 5. The number of nitrogens with one attached hydrogen (secondary N) is 1. The van der Waals surface area contributed by atoms with E-state index in [9.17, 15) is 0 Å². The highest BCUT2D eigenvalue weighted by molar-refractivity contribution is 7.99. The van der Waals surface area contributed by atoms with Crippen LogP contribution < -0.4 is 5.73 Å². The van der Waals surface area contributed by atoms with Crippen LogP contribution in [-0.4, -0.2) is 33.0 Å². The molecule has 4 N–H and O–H groups in total. The maximum atomic E-state index is 8.78. The Morgan fingerprint density at radius 1 is 1.73 bits per heavy atom. The topological polar surface area (TPSA) is 95.9 Å². The molecule has 0 aliphatic heterocycles. The number of aliphatic hydroxyl groups excluding tert-OH is 1. The molecule has 1 aromatic rings. The van der Waals surface area contributed by atoms with Gasteiger partial charge in [-0.05, 0) is 12.5 Å². The van der Waals surface area contributed by atoms with Crippen LogP contribution in [0.15, 0.2) is 17.3 Å². The molecule has 1 heterocycles. The predicted molar refractivity (Wildman–Crippen MR) is 60.1 cm³/mol. The number of nitrogens with two attached hydrogens (primary N) is 1. The molecule has 1 unspecified atom stereocenters. The number of aliphatic hydroxyl groups is 1. The molecule has 15 heavy (non-hydrogen) atoms. The van der Waals surface area contributed by atoms with Gasteiger partial charge >= 0.3 is 0 Å². The van der Waals surface area contributed by atoms with Crippen molar-refractivity contribution >= 4 is 17.6 Å². The largest absolute Gasteiger partial charge is 0.396 e. The van der Waals surface area contributed by atoms with Gasteiger partial charge in [0.15, 0.2) is 0 Å². The predicted octanol–water partition coefficient (Wildman–Crippen LogP) is 0.624. The third-order valence-corrected chi connectivity index (χ3v) is 2.99. The molecule has 1 aromatic heterocycles. The SMILES string of the molecule is CC(CCO)Sc1nnccc1C(=N)N. The van der Waals surface area contributed by atoms with E-state index >= 15 is 0 Å². The summed E-state index contributed by atoms with van der Waals surface area (Å²) in [5, 5.41) is 24.7. The van der Waals surface area contributed by atoms with E-state index in [0.717, 1.165) is 0 Å². The van der Waals surface area contributed by atoms with Gasteiger partial charge in [-0.1, -0.05) is 6.92 Å². The highest BCUT2D eigenvalue weighted by Crippen LogP contribution is 2.25. The molecule has 0 radical (unpaired) electrons. The molecular formula is C9H14N4OS. The second kappa shape index (κ2) is 5.67. The Balaban J connectivity index is 2.79. The third kappa shape index (κ3) is 3.49. The van der Waals surface area contributed by atoms with Crippen LogP contribution in [0.2, 0.25) is 0 Å². The highest BCUT2D eigenvalue weighted by atomic mass is 32.2. The van der Waals surface area contributed by atoms with Crippen LogP contribution in [-0.2, 0) is 0 Å². The van der Waals surface area contributed by atoms with Gasteiger partial charge < -0.3 is 10.8 Å². The van der Waals surface area contributed by atoms with Crippen molar-refractivity contribution in [2.45, 2.75) is 23.6 Å². The molecule has 82 valence electrons. The summed E-state index contributed by atoms with van der Waals surface area (Å²) in [7, 11) is 0. The van der Waals surface area contributed by atoms with Crippen molar-refractivity contribution in [1.29, 1.82) is 5.41 Å². The van der Waals surface area contributed by atoms with Gasteiger partial charge in [0.05, 0.1) is 11.8 Å². The van der Waals surface area contributed by atoms with Gasteiger partial charge in [0.2, 0.25) is 0 Å². The summed E-state index contributed by atoms with van der Waals surface area (Å²) in [4.78, 5) is 0. The molecule has 0 saturated heterocycles. The quantitative estimate of drug-likeness (QED) is 0.388. The molecule has 5 nitrogen and oxygen atoms in total. The third-order valence-electron chi connectivity index (χ3n) is 1.83.